The molecule has 1 aromatic rings. The molecule has 0 saturated carbocycles. The average Bonchev–Trinajstić information content (AvgIpc) is 2.79. The monoisotopic (exact) mass is 323 g/mol. The molecule has 0 spiro atoms. The first-order valence-electron chi connectivity index (χ1n) is 6.37. The van der Waals surface area contributed by atoms with Gasteiger partial charge in [0.15, 0.2) is 0 Å². The number of piperidine rings is 1. The molecule has 2 aliphatic heterocycles. The van der Waals surface area contributed by atoms with E-state index in [1.165, 1.54) is 38.0 Å². The number of pyridine rings is 1. The first-order chi connectivity index (χ1) is 8.33. The molecular formula is C13H20Cl3N3. The van der Waals surface area contributed by atoms with Crippen molar-refractivity contribution < 1.29 is 0 Å². The van der Waals surface area contributed by atoms with Crippen molar-refractivity contribution in [2.45, 2.75) is 25.4 Å². The van der Waals surface area contributed by atoms with E-state index >= 15 is 0 Å². The van der Waals surface area contributed by atoms with Gasteiger partial charge in [0.05, 0.1) is 5.02 Å². The summed E-state index contributed by atoms with van der Waals surface area (Å²) in [5.41, 5.74) is 1.20. The van der Waals surface area contributed by atoms with Crippen LogP contribution in [0.3, 0.4) is 0 Å². The fraction of sp³-hybridized carbons (Fsp3) is 0.615. The second-order valence-electron chi connectivity index (χ2n) is 5.10. The molecular weight excluding hydrogens is 305 g/mol. The van der Waals surface area contributed by atoms with Crippen LogP contribution in [0.15, 0.2) is 18.5 Å². The van der Waals surface area contributed by atoms with E-state index in [0.29, 0.717) is 0 Å². The normalized spacial score (nSPS) is 26.2. The van der Waals surface area contributed by atoms with E-state index in [1.807, 2.05) is 12.3 Å². The first-order valence-corrected chi connectivity index (χ1v) is 6.75. The molecule has 0 bridgehead atoms. The molecule has 1 N–H and O–H groups in total. The van der Waals surface area contributed by atoms with Gasteiger partial charge in [-0.15, -0.1) is 24.8 Å². The summed E-state index contributed by atoms with van der Waals surface area (Å²) < 4.78 is 0. The second-order valence-corrected chi connectivity index (χ2v) is 5.51. The lowest BCUT2D eigenvalue weighted by atomic mass is 9.93. The number of hydrogen-bond donors (Lipinski definition) is 1. The zero-order valence-corrected chi connectivity index (χ0v) is 13.1. The van der Waals surface area contributed by atoms with Gasteiger partial charge in [-0.25, -0.2) is 0 Å². The Morgan fingerprint density at radius 2 is 2.21 bits per heavy atom. The summed E-state index contributed by atoms with van der Waals surface area (Å²) >= 11 is 6.15. The van der Waals surface area contributed by atoms with Crippen molar-refractivity contribution in [2.75, 3.05) is 19.6 Å². The van der Waals surface area contributed by atoms with E-state index in [4.69, 9.17) is 11.6 Å². The van der Waals surface area contributed by atoms with E-state index < -0.39 is 0 Å². The Kier molecular flexibility index (Phi) is 6.84. The molecule has 3 heterocycles. The fourth-order valence-electron chi connectivity index (χ4n) is 3.04. The number of nitrogens with zero attached hydrogens (tertiary/aromatic N) is 2. The third-order valence-electron chi connectivity index (χ3n) is 3.99. The third kappa shape index (κ3) is 3.96. The predicted molar refractivity (Wildman–Crippen MR) is 83.5 cm³/mol. The van der Waals surface area contributed by atoms with E-state index in [-0.39, 0.29) is 24.8 Å². The predicted octanol–water partition coefficient (Wildman–Crippen LogP) is 2.76. The number of aromatic nitrogens is 1. The maximum Gasteiger partial charge on any atom is 0.0634 e. The summed E-state index contributed by atoms with van der Waals surface area (Å²) in [5, 5.41) is 4.38. The second kappa shape index (κ2) is 7.65. The SMILES string of the molecule is Cl.Cl.Clc1cnccc1CN1CCC2NCCC2C1. The zero-order valence-electron chi connectivity index (χ0n) is 10.7. The van der Waals surface area contributed by atoms with Crippen molar-refractivity contribution in [3.8, 4) is 0 Å². The Hall–Kier alpha value is -0.0600. The lowest BCUT2D eigenvalue weighted by molar-refractivity contribution is 0.156. The van der Waals surface area contributed by atoms with Crippen LogP contribution in [-0.4, -0.2) is 35.6 Å². The Morgan fingerprint density at radius 3 is 3.00 bits per heavy atom. The molecule has 2 unspecified atom stereocenters. The van der Waals surface area contributed by atoms with Crippen LogP contribution in [0.4, 0.5) is 0 Å². The minimum Gasteiger partial charge on any atom is -0.314 e. The highest BCUT2D eigenvalue weighted by Crippen LogP contribution is 2.26. The highest BCUT2D eigenvalue weighted by Gasteiger charge is 2.32. The van der Waals surface area contributed by atoms with Gasteiger partial charge in [-0.3, -0.25) is 9.88 Å². The fourth-order valence-corrected chi connectivity index (χ4v) is 3.22. The van der Waals surface area contributed by atoms with Crippen molar-refractivity contribution in [1.82, 2.24) is 15.2 Å². The van der Waals surface area contributed by atoms with Crippen molar-refractivity contribution in [2.24, 2.45) is 5.92 Å². The highest BCUT2D eigenvalue weighted by molar-refractivity contribution is 6.31. The lowest BCUT2D eigenvalue weighted by Gasteiger charge is -2.34. The van der Waals surface area contributed by atoms with Gasteiger partial charge in [-0.05, 0) is 43.5 Å². The van der Waals surface area contributed by atoms with Crippen LogP contribution in [0.5, 0.6) is 0 Å². The molecule has 2 saturated heterocycles. The van der Waals surface area contributed by atoms with Crippen LogP contribution < -0.4 is 5.32 Å². The molecule has 6 heteroatoms. The van der Waals surface area contributed by atoms with E-state index in [1.54, 1.807) is 6.20 Å². The topological polar surface area (TPSA) is 28.2 Å². The van der Waals surface area contributed by atoms with Crippen LogP contribution >= 0.6 is 36.4 Å². The van der Waals surface area contributed by atoms with Gasteiger partial charge in [0, 0.05) is 31.5 Å². The summed E-state index contributed by atoms with van der Waals surface area (Å²) in [6.07, 6.45) is 6.16. The number of fused-ring (bicyclic) bond motifs is 1. The minimum absolute atomic E-state index is 0. The molecule has 1 aromatic heterocycles. The number of halogens is 3. The van der Waals surface area contributed by atoms with Crippen molar-refractivity contribution in [3.05, 3.63) is 29.0 Å². The van der Waals surface area contributed by atoms with Gasteiger partial charge in [0.2, 0.25) is 0 Å². The summed E-state index contributed by atoms with van der Waals surface area (Å²) in [7, 11) is 0. The molecule has 3 rings (SSSR count). The lowest BCUT2D eigenvalue weighted by Crippen LogP contribution is -2.43. The molecule has 0 aliphatic carbocycles. The number of rotatable bonds is 2. The quantitative estimate of drug-likeness (QED) is 0.906. The number of likely N-dealkylation sites (tertiary alicyclic amines) is 1. The molecule has 19 heavy (non-hydrogen) atoms. The maximum atomic E-state index is 6.15. The van der Waals surface area contributed by atoms with Gasteiger partial charge >= 0.3 is 0 Å². The Balaban J connectivity index is 0.000000902. The van der Waals surface area contributed by atoms with Gasteiger partial charge in [-0.1, -0.05) is 11.6 Å². The Morgan fingerprint density at radius 1 is 1.37 bits per heavy atom. The standard InChI is InChI=1S/C13H18ClN3.2ClH/c14-12-7-15-4-1-10(12)8-17-6-3-13-11(9-17)2-5-16-13;;/h1,4,7,11,13,16H,2-3,5-6,8-9H2;2*1H. The maximum absolute atomic E-state index is 6.15. The largest absolute Gasteiger partial charge is 0.314 e. The van der Waals surface area contributed by atoms with Crippen LogP contribution in [0, 0.1) is 5.92 Å². The van der Waals surface area contributed by atoms with Crippen molar-refractivity contribution in [1.29, 1.82) is 0 Å². The van der Waals surface area contributed by atoms with Crippen LogP contribution in [0.1, 0.15) is 18.4 Å². The molecule has 0 amide bonds. The molecule has 2 atom stereocenters. The molecule has 3 nitrogen and oxygen atoms in total. The molecule has 0 aromatic carbocycles. The highest BCUT2D eigenvalue weighted by atomic mass is 35.5. The molecule has 2 fully saturated rings. The Bertz CT molecular complexity index is 402. The minimum atomic E-state index is 0. The third-order valence-corrected chi connectivity index (χ3v) is 4.33. The van der Waals surface area contributed by atoms with E-state index in [9.17, 15) is 0 Å². The van der Waals surface area contributed by atoms with Crippen molar-refractivity contribution >= 4 is 36.4 Å². The van der Waals surface area contributed by atoms with Gasteiger partial charge < -0.3 is 5.32 Å². The number of hydrogen-bond acceptors (Lipinski definition) is 3. The summed E-state index contributed by atoms with van der Waals surface area (Å²) in [6, 6.07) is 2.79. The smallest absolute Gasteiger partial charge is 0.0634 e. The molecule has 2 aliphatic rings. The average molecular weight is 325 g/mol. The van der Waals surface area contributed by atoms with Crippen LogP contribution in [-0.2, 0) is 6.54 Å². The molecule has 0 radical (unpaired) electrons. The van der Waals surface area contributed by atoms with Crippen molar-refractivity contribution in [3.63, 3.8) is 0 Å². The molecule has 108 valence electrons. The summed E-state index contributed by atoms with van der Waals surface area (Å²) in [6.45, 7) is 4.53. The van der Waals surface area contributed by atoms with E-state index in [2.05, 4.69) is 15.2 Å². The van der Waals surface area contributed by atoms with E-state index in [0.717, 1.165) is 23.5 Å². The van der Waals surface area contributed by atoms with Crippen LogP contribution in [0.2, 0.25) is 5.02 Å². The van der Waals surface area contributed by atoms with Crippen LogP contribution in [0.25, 0.3) is 0 Å². The Labute approximate surface area is 131 Å². The van der Waals surface area contributed by atoms with Gasteiger partial charge in [0.25, 0.3) is 0 Å². The summed E-state index contributed by atoms with van der Waals surface area (Å²) in [5.74, 6) is 0.837. The first kappa shape index (κ1) is 17.0. The zero-order chi connectivity index (χ0) is 11.7. The van der Waals surface area contributed by atoms with Gasteiger partial charge in [0.1, 0.15) is 0 Å². The van der Waals surface area contributed by atoms with Gasteiger partial charge in [-0.2, -0.15) is 0 Å². The number of nitrogens with one attached hydrogen (secondary N) is 1. The summed E-state index contributed by atoms with van der Waals surface area (Å²) in [4.78, 5) is 6.55.